The molecule has 1 aliphatic rings. The molecule has 2 atom stereocenters. The molecule has 1 aliphatic heterocycles. The zero-order valence-corrected chi connectivity index (χ0v) is 18.5. The molecule has 35 heavy (non-hydrogen) atoms. The van der Waals surface area contributed by atoms with E-state index in [1.165, 1.54) is 26.1 Å². The highest BCUT2D eigenvalue weighted by molar-refractivity contribution is 5.90. The number of hydrogen-bond acceptors (Lipinski definition) is 5. The zero-order valence-electron chi connectivity index (χ0n) is 18.5. The first-order valence-electron chi connectivity index (χ1n) is 10.5. The number of anilines is 1. The standard InChI is InChI=1S/C22H20F6N4O3/c1-11(12-4-3-5-13(17(12)23)18(24)25)29-19-15-9-32(21(22(26,27)28)6-7-35-10-21)16(33)8-14(15)20(34)31(2)30-19/h3-5,8-9,11,18H,6-7,10H2,1-2H3,(H,29,30)/t11?,21-/m0/s1. The Labute approximate surface area is 193 Å². The van der Waals surface area contributed by atoms with Crippen LogP contribution >= 0.6 is 0 Å². The number of alkyl halides is 5. The van der Waals surface area contributed by atoms with Crippen molar-refractivity contribution in [1.29, 1.82) is 0 Å². The highest BCUT2D eigenvalue weighted by atomic mass is 19.4. The van der Waals surface area contributed by atoms with Crippen molar-refractivity contribution >= 4 is 16.6 Å². The van der Waals surface area contributed by atoms with Crippen molar-refractivity contribution in [3.05, 3.63) is 68.1 Å². The number of hydrogen-bond donors (Lipinski definition) is 1. The first-order valence-corrected chi connectivity index (χ1v) is 10.5. The van der Waals surface area contributed by atoms with Crippen LogP contribution in [-0.2, 0) is 17.3 Å². The number of benzene rings is 1. The summed E-state index contributed by atoms with van der Waals surface area (Å²) in [5.74, 6) is -1.28. The number of aromatic nitrogens is 3. The second-order valence-electron chi connectivity index (χ2n) is 8.34. The second kappa shape index (κ2) is 8.70. The molecule has 3 aromatic rings. The quantitative estimate of drug-likeness (QED) is 0.534. The van der Waals surface area contributed by atoms with Gasteiger partial charge >= 0.3 is 6.18 Å². The van der Waals surface area contributed by atoms with Gasteiger partial charge in [-0.05, 0) is 6.92 Å². The number of nitrogens with one attached hydrogen (secondary N) is 1. The summed E-state index contributed by atoms with van der Waals surface area (Å²) in [6.07, 6.45) is -7.52. The van der Waals surface area contributed by atoms with E-state index in [0.29, 0.717) is 4.57 Å². The van der Waals surface area contributed by atoms with Gasteiger partial charge in [0.1, 0.15) is 5.82 Å². The Morgan fingerprint density at radius 2 is 1.86 bits per heavy atom. The summed E-state index contributed by atoms with van der Waals surface area (Å²) in [6, 6.07) is 3.27. The van der Waals surface area contributed by atoms with E-state index >= 15 is 0 Å². The minimum absolute atomic E-state index is 0.125. The van der Waals surface area contributed by atoms with Gasteiger partial charge in [-0.15, -0.1) is 0 Å². The summed E-state index contributed by atoms with van der Waals surface area (Å²) in [4.78, 5) is 25.3. The van der Waals surface area contributed by atoms with E-state index in [-0.39, 0.29) is 28.8 Å². The molecule has 2 aromatic heterocycles. The third kappa shape index (κ3) is 4.07. The van der Waals surface area contributed by atoms with E-state index in [1.807, 2.05) is 0 Å². The number of aryl methyl sites for hydroxylation is 1. The average Bonchev–Trinajstić information content (AvgIpc) is 3.28. The monoisotopic (exact) mass is 502 g/mol. The van der Waals surface area contributed by atoms with E-state index in [2.05, 4.69) is 10.4 Å². The third-order valence-corrected chi connectivity index (χ3v) is 6.19. The molecule has 0 radical (unpaired) electrons. The van der Waals surface area contributed by atoms with Crippen LogP contribution in [0.25, 0.3) is 10.8 Å². The molecule has 188 valence electrons. The average molecular weight is 502 g/mol. The molecular weight excluding hydrogens is 482 g/mol. The molecule has 1 N–H and O–H groups in total. The molecule has 0 spiro atoms. The van der Waals surface area contributed by atoms with Gasteiger partial charge in [-0.3, -0.25) is 14.2 Å². The zero-order chi connectivity index (χ0) is 25.7. The summed E-state index contributed by atoms with van der Waals surface area (Å²) in [6.45, 7) is 0.427. The van der Waals surface area contributed by atoms with Crippen LogP contribution in [0.15, 0.2) is 40.1 Å². The third-order valence-electron chi connectivity index (χ3n) is 6.19. The normalized spacial score (nSPS) is 19.5. The van der Waals surface area contributed by atoms with Gasteiger partial charge in [0, 0.05) is 43.3 Å². The Kier molecular flexibility index (Phi) is 6.16. The number of halogens is 6. The maximum absolute atomic E-state index is 14.7. The topological polar surface area (TPSA) is 78.2 Å². The Morgan fingerprint density at radius 3 is 2.46 bits per heavy atom. The van der Waals surface area contributed by atoms with Crippen LogP contribution in [0.2, 0.25) is 0 Å². The summed E-state index contributed by atoms with van der Waals surface area (Å²) in [7, 11) is 1.27. The summed E-state index contributed by atoms with van der Waals surface area (Å²) >= 11 is 0. The lowest BCUT2D eigenvalue weighted by Gasteiger charge is -2.32. The molecule has 1 fully saturated rings. The van der Waals surface area contributed by atoms with E-state index in [1.54, 1.807) is 0 Å². The predicted molar refractivity (Wildman–Crippen MR) is 114 cm³/mol. The van der Waals surface area contributed by atoms with Gasteiger partial charge in [0.25, 0.3) is 17.5 Å². The van der Waals surface area contributed by atoms with Crippen LogP contribution in [-0.4, -0.2) is 33.7 Å². The Balaban J connectivity index is 1.89. The molecule has 0 aliphatic carbocycles. The van der Waals surface area contributed by atoms with Crippen molar-refractivity contribution in [3.63, 3.8) is 0 Å². The molecule has 1 aromatic carbocycles. The molecule has 0 amide bonds. The Morgan fingerprint density at radius 1 is 1.17 bits per heavy atom. The van der Waals surface area contributed by atoms with Crippen molar-refractivity contribution in [2.75, 3.05) is 18.5 Å². The van der Waals surface area contributed by atoms with Crippen molar-refractivity contribution in [3.8, 4) is 0 Å². The van der Waals surface area contributed by atoms with Crippen LogP contribution in [0.4, 0.5) is 32.2 Å². The first kappa shape index (κ1) is 24.8. The first-order chi connectivity index (χ1) is 16.4. The van der Waals surface area contributed by atoms with Gasteiger partial charge < -0.3 is 10.1 Å². The molecular formula is C22H20F6N4O3. The van der Waals surface area contributed by atoms with Crippen molar-refractivity contribution in [2.45, 2.75) is 37.5 Å². The molecule has 0 saturated carbocycles. The minimum atomic E-state index is -4.84. The molecule has 1 unspecified atom stereocenters. The molecule has 13 heteroatoms. The molecule has 0 bridgehead atoms. The molecule has 7 nitrogen and oxygen atoms in total. The smallest absolute Gasteiger partial charge is 0.379 e. The van der Waals surface area contributed by atoms with Gasteiger partial charge in [0.2, 0.25) is 0 Å². The fourth-order valence-electron chi connectivity index (χ4n) is 4.22. The molecule has 3 heterocycles. The van der Waals surface area contributed by atoms with Crippen LogP contribution in [0.5, 0.6) is 0 Å². The number of nitrogens with zero attached hydrogens (tertiary/aromatic N) is 3. The van der Waals surface area contributed by atoms with Crippen molar-refractivity contribution in [1.82, 2.24) is 14.3 Å². The van der Waals surface area contributed by atoms with Crippen LogP contribution in [0, 0.1) is 5.82 Å². The Hall–Kier alpha value is -3.35. The van der Waals surface area contributed by atoms with Gasteiger partial charge in [-0.25, -0.2) is 17.9 Å². The minimum Gasteiger partial charge on any atom is -0.379 e. The largest absolute Gasteiger partial charge is 0.414 e. The number of rotatable bonds is 5. The predicted octanol–water partition coefficient (Wildman–Crippen LogP) is 4.02. The number of pyridine rings is 1. The summed E-state index contributed by atoms with van der Waals surface area (Å²) in [5, 5.41) is 6.48. The van der Waals surface area contributed by atoms with E-state index in [4.69, 9.17) is 4.74 Å². The molecule has 4 rings (SSSR count). The van der Waals surface area contributed by atoms with Crippen LogP contribution in [0.3, 0.4) is 0 Å². The molecule has 1 saturated heterocycles. The SMILES string of the molecule is CC(Nc1nn(C)c(=O)c2cc(=O)n([C@@]3(C(F)(F)F)CCOC3)cc12)c1cccc(C(F)F)c1F. The lowest BCUT2D eigenvalue weighted by Crippen LogP contribution is -2.52. The van der Waals surface area contributed by atoms with Crippen LogP contribution in [0.1, 0.15) is 36.9 Å². The number of ether oxygens (including phenoxy) is 1. The lowest BCUT2D eigenvalue weighted by atomic mass is 9.96. The number of fused-ring (bicyclic) bond motifs is 1. The maximum Gasteiger partial charge on any atom is 0.414 e. The maximum atomic E-state index is 14.7. The second-order valence-corrected chi connectivity index (χ2v) is 8.34. The Bertz CT molecular complexity index is 1390. The fraction of sp³-hybridized carbons (Fsp3) is 0.409. The fourth-order valence-corrected chi connectivity index (χ4v) is 4.22. The van der Waals surface area contributed by atoms with Gasteiger partial charge in [0.15, 0.2) is 11.4 Å². The van der Waals surface area contributed by atoms with Gasteiger partial charge in [-0.1, -0.05) is 18.2 Å². The van der Waals surface area contributed by atoms with Crippen molar-refractivity contribution in [2.24, 2.45) is 7.05 Å². The van der Waals surface area contributed by atoms with Crippen LogP contribution < -0.4 is 16.4 Å². The van der Waals surface area contributed by atoms with E-state index in [0.717, 1.165) is 23.0 Å². The highest BCUT2D eigenvalue weighted by Gasteiger charge is 2.59. The highest BCUT2D eigenvalue weighted by Crippen LogP contribution is 2.42. The van der Waals surface area contributed by atoms with Crippen molar-refractivity contribution < 1.29 is 31.1 Å². The summed E-state index contributed by atoms with van der Waals surface area (Å²) < 4.78 is 89.4. The van der Waals surface area contributed by atoms with E-state index < -0.39 is 59.7 Å². The van der Waals surface area contributed by atoms with Gasteiger partial charge in [0.05, 0.1) is 23.6 Å². The van der Waals surface area contributed by atoms with E-state index in [9.17, 15) is 35.9 Å². The summed E-state index contributed by atoms with van der Waals surface area (Å²) in [5.41, 5.74) is -5.39. The van der Waals surface area contributed by atoms with Gasteiger partial charge in [-0.2, -0.15) is 18.3 Å². The lowest BCUT2D eigenvalue weighted by molar-refractivity contribution is -0.214.